The van der Waals surface area contributed by atoms with E-state index in [4.69, 9.17) is 23.2 Å². The third-order valence-corrected chi connectivity index (χ3v) is 2.55. The van der Waals surface area contributed by atoms with E-state index in [0.29, 0.717) is 10.3 Å². The second-order valence-corrected chi connectivity index (χ2v) is 3.63. The van der Waals surface area contributed by atoms with Crippen LogP contribution < -0.4 is 5.32 Å². The molecule has 2 nitrogen and oxygen atoms in total. The summed E-state index contributed by atoms with van der Waals surface area (Å²) in [4.78, 5) is 3.98. The van der Waals surface area contributed by atoms with Crippen molar-refractivity contribution in [3.63, 3.8) is 0 Å². The molecule has 0 saturated heterocycles. The number of rotatable bonds is 1. The van der Waals surface area contributed by atoms with Crippen molar-refractivity contribution in [3.05, 3.63) is 34.6 Å². The minimum absolute atomic E-state index is 0.408. The zero-order valence-corrected chi connectivity index (χ0v) is 9.02. The summed E-state index contributed by atoms with van der Waals surface area (Å²) in [5.41, 5.74) is 0.994. The van der Waals surface area contributed by atoms with E-state index >= 15 is 0 Å². The molecule has 0 atom stereocenters. The Bertz CT molecular complexity index is 483. The van der Waals surface area contributed by atoms with Crippen LogP contribution in [-0.2, 0) is 0 Å². The van der Waals surface area contributed by atoms with Crippen molar-refractivity contribution in [1.29, 1.82) is 0 Å². The Balaban J connectivity index is 2.86. The fourth-order valence-corrected chi connectivity index (χ4v) is 1.92. The number of hydrogen-bond donors (Lipinski definition) is 1. The highest BCUT2D eigenvalue weighted by Gasteiger charge is 2.05. The summed E-state index contributed by atoms with van der Waals surface area (Å²) in [6.45, 7) is 0. The Labute approximate surface area is 91.9 Å². The number of nitrogens with zero attached hydrogens (tertiary/aromatic N) is 1. The minimum Gasteiger partial charge on any atom is -0.388 e. The van der Waals surface area contributed by atoms with Crippen LogP contribution in [0.15, 0.2) is 24.3 Å². The molecule has 2 rings (SSSR count). The van der Waals surface area contributed by atoms with E-state index < -0.39 is 0 Å². The van der Waals surface area contributed by atoms with Gasteiger partial charge in [-0.25, -0.2) is 4.98 Å². The number of pyridine rings is 1. The van der Waals surface area contributed by atoms with Gasteiger partial charge in [0.05, 0.1) is 0 Å². The smallest absolute Gasteiger partial charge is 0.138 e. The molecular formula is C10H8Cl2N2. The molecule has 1 aromatic heterocycles. The highest BCUT2D eigenvalue weighted by molar-refractivity contribution is 6.37. The molecule has 14 heavy (non-hydrogen) atoms. The third kappa shape index (κ3) is 1.51. The number of aromatic nitrogens is 1. The molecule has 1 N–H and O–H groups in total. The van der Waals surface area contributed by atoms with Crippen LogP contribution in [0, 0.1) is 0 Å². The predicted octanol–water partition coefficient (Wildman–Crippen LogP) is 3.58. The van der Waals surface area contributed by atoms with Crippen molar-refractivity contribution < 1.29 is 0 Å². The number of anilines is 1. The molecule has 2 aromatic rings. The average Bonchev–Trinajstić information content (AvgIpc) is 2.17. The number of benzene rings is 1. The molecule has 0 aliphatic rings. The molecule has 0 bridgehead atoms. The lowest BCUT2D eigenvalue weighted by molar-refractivity contribution is 1.36. The lowest BCUT2D eigenvalue weighted by atomic mass is 10.1. The molecule has 0 spiro atoms. The van der Waals surface area contributed by atoms with Crippen LogP contribution in [-0.4, -0.2) is 12.0 Å². The molecular weight excluding hydrogens is 219 g/mol. The second kappa shape index (κ2) is 3.64. The molecule has 1 heterocycles. The van der Waals surface area contributed by atoms with Gasteiger partial charge in [0.25, 0.3) is 0 Å². The molecule has 0 unspecified atom stereocenters. The SMILES string of the molecule is CNc1cccc2c(Cl)nc(Cl)cc12. The summed E-state index contributed by atoms with van der Waals surface area (Å²) < 4.78 is 0. The third-order valence-electron chi connectivity index (χ3n) is 2.07. The van der Waals surface area contributed by atoms with Gasteiger partial charge >= 0.3 is 0 Å². The topological polar surface area (TPSA) is 24.9 Å². The predicted molar refractivity (Wildman–Crippen MR) is 61.3 cm³/mol. The molecule has 0 radical (unpaired) electrons. The van der Waals surface area contributed by atoms with Gasteiger partial charge in [-0.05, 0) is 12.1 Å². The molecule has 0 saturated carbocycles. The fourth-order valence-electron chi connectivity index (χ4n) is 1.42. The van der Waals surface area contributed by atoms with Crippen molar-refractivity contribution in [2.45, 2.75) is 0 Å². The van der Waals surface area contributed by atoms with E-state index in [2.05, 4.69) is 10.3 Å². The zero-order chi connectivity index (χ0) is 10.1. The molecule has 0 fully saturated rings. The van der Waals surface area contributed by atoms with Gasteiger partial charge in [-0.15, -0.1) is 0 Å². The Hall–Kier alpha value is -0.990. The van der Waals surface area contributed by atoms with Gasteiger partial charge in [-0.1, -0.05) is 35.3 Å². The second-order valence-electron chi connectivity index (χ2n) is 2.89. The Kier molecular flexibility index (Phi) is 2.48. The fraction of sp³-hybridized carbons (Fsp3) is 0.100. The molecule has 72 valence electrons. The summed E-state index contributed by atoms with van der Waals surface area (Å²) in [6.07, 6.45) is 0. The van der Waals surface area contributed by atoms with Crippen LogP contribution in [0.5, 0.6) is 0 Å². The minimum atomic E-state index is 0.408. The van der Waals surface area contributed by atoms with E-state index in [1.165, 1.54) is 0 Å². The summed E-state index contributed by atoms with van der Waals surface area (Å²) >= 11 is 11.8. The monoisotopic (exact) mass is 226 g/mol. The Morgan fingerprint density at radius 1 is 1.21 bits per heavy atom. The number of halogens is 2. The first-order chi connectivity index (χ1) is 6.72. The van der Waals surface area contributed by atoms with Crippen molar-refractivity contribution in [1.82, 2.24) is 4.98 Å². The van der Waals surface area contributed by atoms with Gasteiger partial charge in [0.15, 0.2) is 0 Å². The summed E-state index contributed by atoms with van der Waals surface area (Å²) in [7, 11) is 1.86. The highest BCUT2D eigenvalue weighted by atomic mass is 35.5. The van der Waals surface area contributed by atoms with E-state index in [9.17, 15) is 0 Å². The number of hydrogen-bond acceptors (Lipinski definition) is 2. The molecule has 0 aliphatic heterocycles. The van der Waals surface area contributed by atoms with Crippen LogP contribution in [0.3, 0.4) is 0 Å². The van der Waals surface area contributed by atoms with Gasteiger partial charge in [-0.2, -0.15) is 0 Å². The summed E-state index contributed by atoms with van der Waals surface area (Å²) in [5, 5.41) is 5.81. The standard InChI is InChI=1S/C10H8Cl2N2/c1-13-8-4-2-3-6-7(8)5-9(11)14-10(6)12/h2-5,13H,1H3. The zero-order valence-electron chi connectivity index (χ0n) is 7.51. The maximum absolute atomic E-state index is 5.97. The van der Waals surface area contributed by atoms with Gasteiger partial charge < -0.3 is 5.32 Å². The van der Waals surface area contributed by atoms with Gasteiger partial charge in [-0.3, -0.25) is 0 Å². The van der Waals surface area contributed by atoms with Crippen molar-refractivity contribution in [2.75, 3.05) is 12.4 Å². The molecule has 4 heteroatoms. The first-order valence-electron chi connectivity index (χ1n) is 4.15. The van der Waals surface area contributed by atoms with Crippen LogP contribution in [0.4, 0.5) is 5.69 Å². The summed E-state index contributed by atoms with van der Waals surface area (Å²) in [6, 6.07) is 7.61. The molecule has 1 aromatic carbocycles. The molecule has 0 aliphatic carbocycles. The lowest BCUT2D eigenvalue weighted by Crippen LogP contribution is -1.90. The maximum Gasteiger partial charge on any atom is 0.138 e. The first-order valence-corrected chi connectivity index (χ1v) is 4.90. The number of fused-ring (bicyclic) bond motifs is 1. The quantitative estimate of drug-likeness (QED) is 0.753. The van der Waals surface area contributed by atoms with Gasteiger partial charge in [0.1, 0.15) is 10.3 Å². The van der Waals surface area contributed by atoms with Crippen molar-refractivity contribution in [2.24, 2.45) is 0 Å². The van der Waals surface area contributed by atoms with Crippen molar-refractivity contribution >= 4 is 39.7 Å². The molecule has 0 amide bonds. The van der Waals surface area contributed by atoms with Crippen LogP contribution in [0.1, 0.15) is 0 Å². The maximum atomic E-state index is 5.97. The largest absolute Gasteiger partial charge is 0.388 e. The number of nitrogens with one attached hydrogen (secondary N) is 1. The normalized spacial score (nSPS) is 10.5. The Morgan fingerprint density at radius 3 is 2.71 bits per heavy atom. The Morgan fingerprint density at radius 2 is 2.00 bits per heavy atom. The van der Waals surface area contributed by atoms with Crippen LogP contribution in [0.2, 0.25) is 10.3 Å². The van der Waals surface area contributed by atoms with Crippen molar-refractivity contribution in [3.8, 4) is 0 Å². The van der Waals surface area contributed by atoms with Gasteiger partial charge in [0.2, 0.25) is 0 Å². The average molecular weight is 227 g/mol. The van der Waals surface area contributed by atoms with E-state index in [0.717, 1.165) is 16.5 Å². The van der Waals surface area contributed by atoms with E-state index in [1.54, 1.807) is 6.07 Å². The van der Waals surface area contributed by atoms with E-state index in [1.807, 2.05) is 25.2 Å². The van der Waals surface area contributed by atoms with E-state index in [-0.39, 0.29) is 0 Å². The van der Waals surface area contributed by atoms with Crippen LogP contribution >= 0.6 is 23.2 Å². The van der Waals surface area contributed by atoms with Gasteiger partial charge in [0, 0.05) is 23.5 Å². The lowest BCUT2D eigenvalue weighted by Gasteiger charge is -2.06. The summed E-state index contributed by atoms with van der Waals surface area (Å²) in [5.74, 6) is 0. The van der Waals surface area contributed by atoms with Crippen LogP contribution in [0.25, 0.3) is 10.8 Å². The highest BCUT2D eigenvalue weighted by Crippen LogP contribution is 2.29. The first kappa shape index (κ1) is 9.56.